The maximum Gasteiger partial charge on any atom is 0.322 e. The molecule has 6 nitrogen and oxygen atoms in total. The van der Waals surface area contributed by atoms with Gasteiger partial charge in [0.25, 0.3) is 0 Å². The third kappa shape index (κ3) is 5.58. The lowest BCUT2D eigenvalue weighted by Crippen LogP contribution is -2.45. The molecule has 1 saturated carbocycles. The summed E-state index contributed by atoms with van der Waals surface area (Å²) in [5.74, 6) is -0.0543. The van der Waals surface area contributed by atoms with Crippen molar-refractivity contribution >= 4 is 17.6 Å². The predicted molar refractivity (Wildman–Crippen MR) is 126 cm³/mol. The first-order chi connectivity index (χ1) is 15.5. The van der Waals surface area contributed by atoms with Gasteiger partial charge in [0.05, 0.1) is 6.54 Å². The molecule has 0 atom stereocenters. The van der Waals surface area contributed by atoms with Crippen molar-refractivity contribution in [3.05, 3.63) is 89.7 Å². The molecule has 166 valence electrons. The Hall–Kier alpha value is -3.54. The first kappa shape index (κ1) is 21.7. The van der Waals surface area contributed by atoms with Crippen molar-refractivity contribution in [2.24, 2.45) is 7.05 Å². The number of aryl methyl sites for hydroxylation is 2. The number of benzene rings is 2. The molecule has 1 aliphatic rings. The minimum absolute atomic E-state index is 0.0543. The molecule has 1 aromatic heterocycles. The van der Waals surface area contributed by atoms with Gasteiger partial charge >= 0.3 is 6.03 Å². The maximum absolute atomic E-state index is 13.4. The summed E-state index contributed by atoms with van der Waals surface area (Å²) in [6, 6.07) is 21.6. The third-order valence-corrected chi connectivity index (χ3v) is 5.80. The fourth-order valence-electron chi connectivity index (χ4n) is 3.81. The number of hydrogen-bond acceptors (Lipinski definition) is 2. The molecule has 4 rings (SSSR count). The number of nitrogens with one attached hydrogen (secondary N) is 1. The highest BCUT2D eigenvalue weighted by Gasteiger charge is 2.35. The summed E-state index contributed by atoms with van der Waals surface area (Å²) in [7, 11) is 1.98. The Balaban J connectivity index is 1.49. The average Bonchev–Trinajstić information content (AvgIpc) is 3.54. The molecule has 3 amide bonds. The molecular weight excluding hydrogens is 400 g/mol. The van der Waals surface area contributed by atoms with Gasteiger partial charge in [-0.2, -0.15) is 0 Å². The molecule has 2 aromatic carbocycles. The topological polar surface area (TPSA) is 57.6 Å². The van der Waals surface area contributed by atoms with E-state index in [1.165, 1.54) is 0 Å². The van der Waals surface area contributed by atoms with Crippen LogP contribution in [0.4, 0.5) is 10.5 Å². The summed E-state index contributed by atoms with van der Waals surface area (Å²) in [5.41, 5.74) is 3.94. The SMILES string of the molecule is Cc1cccc(NC(=O)N(CC(=O)N(Cc2ccccc2)Cc2cccn2C)C2CC2)c1. The monoisotopic (exact) mass is 430 g/mol. The van der Waals surface area contributed by atoms with Gasteiger partial charge in [0.1, 0.15) is 6.54 Å². The van der Waals surface area contributed by atoms with Crippen LogP contribution in [0, 0.1) is 6.92 Å². The van der Waals surface area contributed by atoms with E-state index in [9.17, 15) is 9.59 Å². The lowest BCUT2D eigenvalue weighted by atomic mass is 10.2. The van der Waals surface area contributed by atoms with Gasteiger partial charge in [0, 0.05) is 37.2 Å². The van der Waals surface area contributed by atoms with Crippen molar-refractivity contribution < 1.29 is 9.59 Å². The summed E-state index contributed by atoms with van der Waals surface area (Å²) in [6.45, 7) is 3.06. The van der Waals surface area contributed by atoms with Crippen LogP contribution in [-0.2, 0) is 24.9 Å². The number of carbonyl (C=O) groups excluding carboxylic acids is 2. The first-order valence-electron chi connectivity index (χ1n) is 11.1. The summed E-state index contributed by atoms with van der Waals surface area (Å²) in [6.07, 6.45) is 3.85. The van der Waals surface area contributed by atoms with Crippen molar-refractivity contribution in [1.29, 1.82) is 0 Å². The molecule has 0 radical (unpaired) electrons. The van der Waals surface area contributed by atoms with Crippen LogP contribution in [0.3, 0.4) is 0 Å². The number of aromatic nitrogens is 1. The molecule has 32 heavy (non-hydrogen) atoms. The molecule has 0 saturated heterocycles. The fourth-order valence-corrected chi connectivity index (χ4v) is 3.81. The quantitative estimate of drug-likeness (QED) is 0.570. The van der Waals surface area contributed by atoms with E-state index in [0.717, 1.165) is 35.3 Å². The van der Waals surface area contributed by atoms with Gasteiger partial charge < -0.3 is 19.7 Å². The highest BCUT2D eigenvalue weighted by Crippen LogP contribution is 2.28. The van der Waals surface area contributed by atoms with E-state index in [1.807, 2.05) is 96.4 Å². The van der Waals surface area contributed by atoms with E-state index in [2.05, 4.69) is 5.32 Å². The van der Waals surface area contributed by atoms with E-state index in [-0.39, 0.29) is 24.5 Å². The Kier molecular flexibility index (Phi) is 6.59. The largest absolute Gasteiger partial charge is 0.353 e. The number of anilines is 1. The summed E-state index contributed by atoms with van der Waals surface area (Å²) in [5, 5.41) is 2.96. The minimum Gasteiger partial charge on any atom is -0.353 e. The molecule has 1 aliphatic carbocycles. The number of hydrogen-bond donors (Lipinski definition) is 1. The second kappa shape index (κ2) is 9.73. The minimum atomic E-state index is -0.218. The number of amides is 3. The van der Waals surface area contributed by atoms with Crippen LogP contribution in [0.15, 0.2) is 72.9 Å². The number of urea groups is 1. The third-order valence-electron chi connectivity index (χ3n) is 5.80. The van der Waals surface area contributed by atoms with Crippen molar-refractivity contribution in [3.8, 4) is 0 Å². The van der Waals surface area contributed by atoms with E-state index in [4.69, 9.17) is 0 Å². The van der Waals surface area contributed by atoms with E-state index >= 15 is 0 Å². The molecule has 0 aliphatic heterocycles. The van der Waals surface area contributed by atoms with Gasteiger partial charge in [-0.15, -0.1) is 0 Å². The fraction of sp³-hybridized carbons (Fsp3) is 0.308. The number of nitrogens with zero attached hydrogens (tertiary/aromatic N) is 3. The van der Waals surface area contributed by atoms with E-state index in [0.29, 0.717) is 13.1 Å². The lowest BCUT2D eigenvalue weighted by molar-refractivity contribution is -0.133. The normalized spacial score (nSPS) is 12.9. The van der Waals surface area contributed by atoms with E-state index in [1.54, 1.807) is 4.90 Å². The molecule has 1 fully saturated rings. The molecule has 0 spiro atoms. The Morgan fingerprint density at radius 3 is 2.44 bits per heavy atom. The lowest BCUT2D eigenvalue weighted by Gasteiger charge is -2.28. The average molecular weight is 431 g/mol. The van der Waals surface area contributed by atoms with Crippen LogP contribution in [-0.4, -0.2) is 38.9 Å². The van der Waals surface area contributed by atoms with Crippen molar-refractivity contribution in [2.45, 2.75) is 38.9 Å². The van der Waals surface area contributed by atoms with Gasteiger partial charge in [-0.25, -0.2) is 4.79 Å². The zero-order chi connectivity index (χ0) is 22.5. The second-order valence-electron chi connectivity index (χ2n) is 8.50. The van der Waals surface area contributed by atoms with E-state index < -0.39 is 0 Å². The molecule has 3 aromatic rings. The molecular formula is C26H30N4O2. The van der Waals surface area contributed by atoms with Crippen molar-refractivity contribution in [1.82, 2.24) is 14.4 Å². The van der Waals surface area contributed by atoms with Gasteiger partial charge in [0.2, 0.25) is 5.91 Å². The van der Waals surface area contributed by atoms with Crippen LogP contribution in [0.2, 0.25) is 0 Å². The Labute approximate surface area is 189 Å². The molecule has 1 N–H and O–H groups in total. The van der Waals surface area contributed by atoms with Crippen molar-refractivity contribution in [3.63, 3.8) is 0 Å². The maximum atomic E-state index is 13.4. The van der Waals surface area contributed by atoms with Crippen LogP contribution in [0.5, 0.6) is 0 Å². The zero-order valence-electron chi connectivity index (χ0n) is 18.7. The smallest absolute Gasteiger partial charge is 0.322 e. The Bertz CT molecular complexity index is 1070. The van der Waals surface area contributed by atoms with Gasteiger partial charge in [-0.1, -0.05) is 42.5 Å². The van der Waals surface area contributed by atoms with Gasteiger partial charge in [-0.3, -0.25) is 4.79 Å². The van der Waals surface area contributed by atoms with Crippen LogP contribution in [0.1, 0.15) is 29.7 Å². The van der Waals surface area contributed by atoms with Crippen LogP contribution in [0.25, 0.3) is 0 Å². The Morgan fingerprint density at radius 2 is 1.78 bits per heavy atom. The standard InChI is InChI=1S/C26H30N4O2/c1-20-8-6-11-22(16-20)27-26(32)30(23-13-14-23)19-25(31)29(17-21-9-4-3-5-10-21)18-24-12-7-15-28(24)2/h3-12,15-16,23H,13-14,17-19H2,1-2H3,(H,27,32). The van der Waals surface area contributed by atoms with Crippen LogP contribution >= 0.6 is 0 Å². The molecule has 0 bridgehead atoms. The molecule has 0 unspecified atom stereocenters. The van der Waals surface area contributed by atoms with Crippen molar-refractivity contribution in [2.75, 3.05) is 11.9 Å². The van der Waals surface area contributed by atoms with Gasteiger partial charge in [-0.05, 0) is 55.2 Å². The summed E-state index contributed by atoms with van der Waals surface area (Å²) in [4.78, 5) is 30.0. The second-order valence-corrected chi connectivity index (χ2v) is 8.50. The Morgan fingerprint density at radius 1 is 1.00 bits per heavy atom. The summed E-state index contributed by atoms with van der Waals surface area (Å²) < 4.78 is 2.02. The molecule has 1 heterocycles. The van der Waals surface area contributed by atoms with Crippen LogP contribution < -0.4 is 5.32 Å². The zero-order valence-corrected chi connectivity index (χ0v) is 18.7. The number of rotatable bonds is 8. The summed E-state index contributed by atoms with van der Waals surface area (Å²) >= 11 is 0. The highest BCUT2D eigenvalue weighted by molar-refractivity contribution is 5.92. The predicted octanol–water partition coefficient (Wildman–Crippen LogP) is 4.56. The number of carbonyl (C=O) groups is 2. The first-order valence-corrected chi connectivity index (χ1v) is 11.1. The molecule has 6 heteroatoms. The van der Waals surface area contributed by atoms with Gasteiger partial charge in [0.15, 0.2) is 0 Å². The highest BCUT2D eigenvalue weighted by atomic mass is 16.2.